The smallest absolute Gasteiger partial charge is 0.119 e. The van der Waals surface area contributed by atoms with E-state index < -0.39 is 0 Å². The highest BCUT2D eigenvalue weighted by molar-refractivity contribution is 5.47. The van der Waals surface area contributed by atoms with E-state index in [4.69, 9.17) is 4.74 Å². The molecule has 2 nitrogen and oxygen atoms in total. The molecular weight excluding hydrogens is 222 g/mol. The average molecular weight is 241 g/mol. The van der Waals surface area contributed by atoms with Crippen molar-refractivity contribution in [1.82, 2.24) is 0 Å². The maximum absolute atomic E-state index is 5.14. The summed E-state index contributed by atoms with van der Waals surface area (Å²) >= 11 is 0. The topological polar surface area (TPSA) is 21.3 Å². The molecule has 0 aromatic heterocycles. The molecule has 94 valence electrons. The van der Waals surface area contributed by atoms with E-state index in [0.717, 1.165) is 24.4 Å². The van der Waals surface area contributed by atoms with Crippen LogP contribution in [0.4, 0.5) is 5.69 Å². The number of aryl methyl sites for hydroxylation is 1. The van der Waals surface area contributed by atoms with E-state index in [-0.39, 0.29) is 0 Å². The Morgan fingerprint density at radius 1 is 0.944 bits per heavy atom. The van der Waals surface area contributed by atoms with E-state index in [2.05, 4.69) is 36.5 Å². The van der Waals surface area contributed by atoms with Gasteiger partial charge >= 0.3 is 0 Å². The van der Waals surface area contributed by atoms with Gasteiger partial charge in [0, 0.05) is 12.2 Å². The van der Waals surface area contributed by atoms with Gasteiger partial charge in [0.2, 0.25) is 0 Å². The molecule has 0 radical (unpaired) electrons. The highest BCUT2D eigenvalue weighted by Crippen LogP contribution is 2.17. The van der Waals surface area contributed by atoms with Gasteiger partial charge in [-0.2, -0.15) is 0 Å². The third kappa shape index (κ3) is 3.04. The van der Waals surface area contributed by atoms with Crippen molar-refractivity contribution in [2.45, 2.75) is 19.9 Å². The number of anilines is 1. The lowest BCUT2D eigenvalue weighted by Crippen LogP contribution is -2.02. The Morgan fingerprint density at radius 3 is 2.22 bits per heavy atom. The van der Waals surface area contributed by atoms with Crippen LogP contribution in [0.3, 0.4) is 0 Å². The quantitative estimate of drug-likeness (QED) is 0.858. The number of hydrogen-bond donors (Lipinski definition) is 1. The van der Waals surface area contributed by atoms with Crippen molar-refractivity contribution in [3.05, 3.63) is 59.7 Å². The molecule has 0 aliphatic heterocycles. The Bertz CT molecular complexity index is 491. The molecule has 0 saturated carbocycles. The molecule has 2 aromatic rings. The van der Waals surface area contributed by atoms with E-state index in [1.165, 1.54) is 11.1 Å². The van der Waals surface area contributed by atoms with Crippen LogP contribution in [0.1, 0.15) is 18.1 Å². The molecular formula is C16H19NO. The minimum absolute atomic E-state index is 0.857. The van der Waals surface area contributed by atoms with Gasteiger partial charge in [-0.3, -0.25) is 0 Å². The second kappa shape index (κ2) is 6.10. The molecule has 0 atom stereocenters. The van der Waals surface area contributed by atoms with E-state index in [1.54, 1.807) is 7.11 Å². The molecule has 2 aromatic carbocycles. The number of ether oxygens (including phenoxy) is 1. The fraction of sp³-hybridized carbons (Fsp3) is 0.250. The summed E-state index contributed by atoms with van der Waals surface area (Å²) in [4.78, 5) is 0. The zero-order chi connectivity index (χ0) is 12.8. The van der Waals surface area contributed by atoms with Gasteiger partial charge in [0.05, 0.1) is 7.11 Å². The second-order valence-corrected chi connectivity index (χ2v) is 4.20. The van der Waals surface area contributed by atoms with Crippen LogP contribution in [-0.4, -0.2) is 7.11 Å². The third-order valence-electron chi connectivity index (χ3n) is 3.07. The molecule has 0 spiro atoms. The summed E-state index contributed by atoms with van der Waals surface area (Å²) in [7, 11) is 1.68. The minimum atomic E-state index is 0.857. The molecule has 0 aliphatic carbocycles. The summed E-state index contributed by atoms with van der Waals surface area (Å²) in [5.41, 5.74) is 3.87. The molecule has 2 heteroatoms. The van der Waals surface area contributed by atoms with E-state index in [9.17, 15) is 0 Å². The maximum atomic E-state index is 5.14. The van der Waals surface area contributed by atoms with Crippen LogP contribution < -0.4 is 10.1 Å². The first-order valence-corrected chi connectivity index (χ1v) is 6.28. The predicted molar refractivity (Wildman–Crippen MR) is 76.1 cm³/mol. The fourth-order valence-corrected chi connectivity index (χ4v) is 1.98. The predicted octanol–water partition coefficient (Wildman–Crippen LogP) is 3.87. The standard InChI is InChI=1S/C16H19NO/c1-3-13-6-4-5-7-14(13)12-17-15-8-10-16(18-2)11-9-15/h4-11,17H,3,12H2,1-2H3. The van der Waals surface area contributed by atoms with Crippen molar-refractivity contribution in [2.75, 3.05) is 12.4 Å². The number of methoxy groups -OCH3 is 1. The maximum Gasteiger partial charge on any atom is 0.119 e. The van der Waals surface area contributed by atoms with Crippen LogP contribution in [0.5, 0.6) is 5.75 Å². The molecule has 0 fully saturated rings. The third-order valence-corrected chi connectivity index (χ3v) is 3.07. The normalized spacial score (nSPS) is 10.1. The Morgan fingerprint density at radius 2 is 1.61 bits per heavy atom. The molecule has 2 rings (SSSR count). The van der Waals surface area contributed by atoms with Gasteiger partial charge in [-0.1, -0.05) is 31.2 Å². The van der Waals surface area contributed by atoms with Crippen molar-refractivity contribution in [1.29, 1.82) is 0 Å². The van der Waals surface area contributed by atoms with Gasteiger partial charge in [-0.25, -0.2) is 0 Å². The summed E-state index contributed by atoms with van der Waals surface area (Å²) < 4.78 is 5.14. The lowest BCUT2D eigenvalue weighted by molar-refractivity contribution is 0.415. The monoisotopic (exact) mass is 241 g/mol. The first kappa shape index (κ1) is 12.5. The molecule has 0 bridgehead atoms. The van der Waals surface area contributed by atoms with Gasteiger partial charge in [0.25, 0.3) is 0 Å². The highest BCUT2D eigenvalue weighted by Gasteiger charge is 1.99. The summed E-state index contributed by atoms with van der Waals surface area (Å²) in [5.74, 6) is 0.884. The van der Waals surface area contributed by atoms with Gasteiger partial charge in [-0.05, 0) is 41.8 Å². The highest BCUT2D eigenvalue weighted by atomic mass is 16.5. The SMILES string of the molecule is CCc1ccccc1CNc1ccc(OC)cc1. The van der Waals surface area contributed by atoms with Crippen LogP contribution in [-0.2, 0) is 13.0 Å². The van der Waals surface area contributed by atoms with Crippen LogP contribution in [0.2, 0.25) is 0 Å². The van der Waals surface area contributed by atoms with Crippen molar-refractivity contribution < 1.29 is 4.74 Å². The first-order valence-electron chi connectivity index (χ1n) is 6.28. The van der Waals surface area contributed by atoms with Crippen LogP contribution in [0, 0.1) is 0 Å². The zero-order valence-corrected chi connectivity index (χ0v) is 10.9. The zero-order valence-electron chi connectivity index (χ0n) is 10.9. The number of rotatable bonds is 5. The van der Waals surface area contributed by atoms with Gasteiger partial charge in [0.15, 0.2) is 0 Å². The Hall–Kier alpha value is -1.96. The summed E-state index contributed by atoms with van der Waals surface area (Å²) in [6.45, 7) is 3.04. The number of hydrogen-bond acceptors (Lipinski definition) is 2. The average Bonchev–Trinajstić information content (AvgIpc) is 2.46. The van der Waals surface area contributed by atoms with Crippen LogP contribution >= 0.6 is 0 Å². The van der Waals surface area contributed by atoms with Gasteiger partial charge in [-0.15, -0.1) is 0 Å². The van der Waals surface area contributed by atoms with E-state index in [1.807, 2.05) is 24.3 Å². The summed E-state index contributed by atoms with van der Waals surface area (Å²) in [6.07, 6.45) is 1.07. The Balaban J connectivity index is 2.02. The lowest BCUT2D eigenvalue weighted by atomic mass is 10.1. The fourth-order valence-electron chi connectivity index (χ4n) is 1.98. The molecule has 0 unspecified atom stereocenters. The molecule has 0 saturated heterocycles. The van der Waals surface area contributed by atoms with Gasteiger partial charge in [0.1, 0.15) is 5.75 Å². The Kier molecular flexibility index (Phi) is 4.24. The molecule has 0 aliphatic rings. The second-order valence-electron chi connectivity index (χ2n) is 4.20. The van der Waals surface area contributed by atoms with E-state index in [0.29, 0.717) is 0 Å². The largest absolute Gasteiger partial charge is 0.497 e. The minimum Gasteiger partial charge on any atom is -0.497 e. The number of benzene rings is 2. The Labute approximate surface area is 109 Å². The van der Waals surface area contributed by atoms with Crippen molar-refractivity contribution in [3.8, 4) is 5.75 Å². The van der Waals surface area contributed by atoms with E-state index >= 15 is 0 Å². The summed E-state index contributed by atoms with van der Waals surface area (Å²) in [5, 5.41) is 3.43. The molecule has 1 N–H and O–H groups in total. The summed E-state index contributed by atoms with van der Waals surface area (Å²) in [6, 6.07) is 16.5. The van der Waals surface area contributed by atoms with Crippen molar-refractivity contribution in [2.24, 2.45) is 0 Å². The van der Waals surface area contributed by atoms with Crippen LogP contribution in [0.25, 0.3) is 0 Å². The van der Waals surface area contributed by atoms with Crippen LogP contribution in [0.15, 0.2) is 48.5 Å². The molecule has 0 heterocycles. The first-order chi connectivity index (χ1) is 8.83. The van der Waals surface area contributed by atoms with Gasteiger partial charge < -0.3 is 10.1 Å². The van der Waals surface area contributed by atoms with Crippen molar-refractivity contribution >= 4 is 5.69 Å². The molecule has 0 amide bonds. The lowest BCUT2D eigenvalue weighted by Gasteiger charge is -2.10. The number of nitrogens with one attached hydrogen (secondary N) is 1. The van der Waals surface area contributed by atoms with Crippen molar-refractivity contribution in [3.63, 3.8) is 0 Å². The molecule has 18 heavy (non-hydrogen) atoms.